The van der Waals surface area contributed by atoms with E-state index in [0.29, 0.717) is 11.4 Å². The van der Waals surface area contributed by atoms with Crippen LogP contribution in [0.15, 0.2) is 0 Å². The van der Waals surface area contributed by atoms with Crippen molar-refractivity contribution in [2.24, 2.45) is 5.92 Å². The lowest BCUT2D eigenvalue weighted by molar-refractivity contribution is -0.0240. The van der Waals surface area contributed by atoms with Gasteiger partial charge in [0, 0.05) is 13.0 Å². The molecule has 0 unspecified atom stereocenters. The van der Waals surface area contributed by atoms with Gasteiger partial charge in [0.15, 0.2) is 0 Å². The molecule has 0 amide bonds. The fourth-order valence-corrected chi connectivity index (χ4v) is 2.69. The second-order valence-electron chi connectivity index (χ2n) is 3.58. The second-order valence-corrected chi connectivity index (χ2v) is 4.75. The monoisotopic (exact) mass is 232 g/mol. The Morgan fingerprint density at radius 3 is 2.93 bits per heavy atom. The third-order valence-electron chi connectivity index (χ3n) is 2.50. The molecule has 0 bridgehead atoms. The van der Waals surface area contributed by atoms with E-state index >= 15 is 0 Å². The number of aromatic nitrogens is 2. The topological polar surface area (TPSA) is 35.0 Å². The fourth-order valence-electron chi connectivity index (χ4n) is 1.78. The molecule has 5 heteroatoms. The van der Waals surface area contributed by atoms with Crippen LogP contribution in [0, 0.1) is 5.92 Å². The van der Waals surface area contributed by atoms with E-state index in [1.54, 1.807) is 0 Å². The Morgan fingerprint density at radius 2 is 2.36 bits per heavy atom. The zero-order chi connectivity index (χ0) is 9.97. The number of rotatable bonds is 4. The largest absolute Gasteiger partial charge is 0.378 e. The van der Waals surface area contributed by atoms with E-state index in [-0.39, 0.29) is 0 Å². The lowest BCUT2D eigenvalue weighted by Crippen LogP contribution is -2.32. The van der Waals surface area contributed by atoms with Crippen molar-refractivity contribution in [2.75, 3.05) is 6.61 Å². The predicted molar refractivity (Wildman–Crippen MR) is 56.8 cm³/mol. The Labute approximate surface area is 92.6 Å². The molecule has 14 heavy (non-hydrogen) atoms. The van der Waals surface area contributed by atoms with E-state index in [1.165, 1.54) is 11.5 Å². The van der Waals surface area contributed by atoms with Crippen molar-refractivity contribution in [3.05, 3.63) is 10.3 Å². The van der Waals surface area contributed by atoms with Crippen molar-refractivity contribution < 1.29 is 4.74 Å². The maximum Gasteiger partial charge on any atom is 0.234 e. The van der Waals surface area contributed by atoms with Gasteiger partial charge in [0.1, 0.15) is 5.01 Å². The number of hydrogen-bond acceptors (Lipinski definition) is 4. The molecule has 2 rings (SSSR count). The normalized spacial score (nSPS) is 26.1. The maximum absolute atomic E-state index is 5.65. The number of hydrogen-bond donors (Lipinski definition) is 0. The van der Waals surface area contributed by atoms with Gasteiger partial charge in [-0.15, -0.1) is 0 Å². The van der Waals surface area contributed by atoms with Crippen LogP contribution in [0.2, 0.25) is 5.28 Å². The van der Waals surface area contributed by atoms with Crippen LogP contribution in [0.4, 0.5) is 0 Å². The van der Waals surface area contributed by atoms with E-state index in [1.807, 2.05) is 6.92 Å². The summed E-state index contributed by atoms with van der Waals surface area (Å²) in [6, 6.07) is 0. The third kappa shape index (κ3) is 2.43. The molecule has 0 N–H and O–H groups in total. The molecule has 0 atom stereocenters. The molecular formula is C9H13ClN2OS. The molecule has 1 aromatic rings. The summed E-state index contributed by atoms with van der Waals surface area (Å²) in [4.78, 5) is 4.14. The van der Waals surface area contributed by atoms with E-state index in [9.17, 15) is 0 Å². The van der Waals surface area contributed by atoms with Gasteiger partial charge in [0.25, 0.3) is 0 Å². The molecule has 0 aliphatic heterocycles. The summed E-state index contributed by atoms with van der Waals surface area (Å²) in [6.45, 7) is 2.86. The van der Waals surface area contributed by atoms with E-state index in [0.717, 1.165) is 36.8 Å². The molecule has 1 aromatic heterocycles. The molecule has 0 radical (unpaired) electrons. The quantitative estimate of drug-likeness (QED) is 0.800. The standard InChI is InChI=1S/C9H13ClN2OS/c1-2-13-7-3-6(4-7)5-8-11-9(10)12-14-8/h6-7H,2-5H2,1H3. The van der Waals surface area contributed by atoms with E-state index in [2.05, 4.69) is 9.36 Å². The van der Waals surface area contributed by atoms with Crippen LogP contribution >= 0.6 is 23.1 Å². The molecule has 0 aromatic carbocycles. The van der Waals surface area contributed by atoms with Crippen LogP contribution in [-0.4, -0.2) is 22.1 Å². The van der Waals surface area contributed by atoms with Crippen LogP contribution in [0.3, 0.4) is 0 Å². The molecule has 0 saturated heterocycles. The number of nitrogens with zero attached hydrogens (tertiary/aromatic N) is 2. The Hall–Kier alpha value is -0.190. The molecule has 1 aliphatic rings. The highest BCUT2D eigenvalue weighted by Gasteiger charge is 2.30. The van der Waals surface area contributed by atoms with Gasteiger partial charge in [0.2, 0.25) is 5.28 Å². The average Bonchev–Trinajstić information content (AvgIpc) is 2.48. The van der Waals surface area contributed by atoms with Crippen molar-refractivity contribution in [1.82, 2.24) is 9.36 Å². The van der Waals surface area contributed by atoms with Crippen LogP contribution in [0.5, 0.6) is 0 Å². The predicted octanol–water partition coefficient (Wildman–Crippen LogP) is 2.55. The Kier molecular flexibility index (Phi) is 3.36. The molecule has 3 nitrogen and oxygen atoms in total. The highest BCUT2D eigenvalue weighted by Crippen LogP contribution is 2.33. The number of ether oxygens (including phenoxy) is 1. The molecule has 1 aliphatic carbocycles. The lowest BCUT2D eigenvalue weighted by atomic mass is 9.80. The first-order chi connectivity index (χ1) is 6.78. The maximum atomic E-state index is 5.65. The van der Waals surface area contributed by atoms with Crippen molar-refractivity contribution in [3.8, 4) is 0 Å². The van der Waals surface area contributed by atoms with Gasteiger partial charge in [-0.05, 0) is 48.8 Å². The Balaban J connectivity index is 1.74. The van der Waals surface area contributed by atoms with Crippen molar-refractivity contribution in [1.29, 1.82) is 0 Å². The zero-order valence-electron chi connectivity index (χ0n) is 8.07. The first-order valence-electron chi connectivity index (χ1n) is 4.87. The zero-order valence-corrected chi connectivity index (χ0v) is 9.64. The Bertz CT molecular complexity index is 299. The van der Waals surface area contributed by atoms with Gasteiger partial charge in [-0.3, -0.25) is 0 Å². The van der Waals surface area contributed by atoms with Gasteiger partial charge >= 0.3 is 0 Å². The molecule has 0 spiro atoms. The highest BCUT2D eigenvalue weighted by atomic mass is 35.5. The first-order valence-corrected chi connectivity index (χ1v) is 6.02. The van der Waals surface area contributed by atoms with Crippen LogP contribution in [-0.2, 0) is 11.2 Å². The summed E-state index contributed by atoms with van der Waals surface area (Å²) in [5.74, 6) is 0.718. The van der Waals surface area contributed by atoms with Gasteiger partial charge in [-0.2, -0.15) is 4.37 Å². The second kappa shape index (κ2) is 4.55. The SMILES string of the molecule is CCOC1CC(Cc2nc(Cl)ns2)C1. The fraction of sp³-hybridized carbons (Fsp3) is 0.778. The minimum atomic E-state index is 0.380. The molecule has 78 valence electrons. The smallest absolute Gasteiger partial charge is 0.234 e. The summed E-state index contributed by atoms with van der Waals surface area (Å²) in [7, 11) is 0. The van der Waals surface area contributed by atoms with Crippen molar-refractivity contribution in [2.45, 2.75) is 32.3 Å². The van der Waals surface area contributed by atoms with Gasteiger partial charge in [-0.25, -0.2) is 4.98 Å². The summed E-state index contributed by atoms with van der Waals surface area (Å²) < 4.78 is 9.44. The third-order valence-corrected chi connectivity index (χ3v) is 3.50. The molecule has 1 heterocycles. The Morgan fingerprint density at radius 1 is 1.57 bits per heavy atom. The van der Waals surface area contributed by atoms with Crippen molar-refractivity contribution in [3.63, 3.8) is 0 Å². The van der Waals surface area contributed by atoms with Gasteiger partial charge in [-0.1, -0.05) is 0 Å². The molecular weight excluding hydrogens is 220 g/mol. The molecule has 1 fully saturated rings. The minimum Gasteiger partial charge on any atom is -0.378 e. The first kappa shape index (κ1) is 10.3. The summed E-state index contributed by atoms with van der Waals surface area (Å²) >= 11 is 7.05. The molecule has 1 saturated carbocycles. The van der Waals surface area contributed by atoms with Crippen molar-refractivity contribution >= 4 is 23.1 Å². The average molecular weight is 233 g/mol. The van der Waals surface area contributed by atoms with Gasteiger partial charge < -0.3 is 4.74 Å². The van der Waals surface area contributed by atoms with Crippen LogP contribution in [0.25, 0.3) is 0 Å². The highest BCUT2D eigenvalue weighted by molar-refractivity contribution is 7.05. The van der Waals surface area contributed by atoms with E-state index < -0.39 is 0 Å². The lowest BCUT2D eigenvalue weighted by Gasteiger charge is -2.34. The summed E-state index contributed by atoms with van der Waals surface area (Å²) in [5.41, 5.74) is 0. The minimum absolute atomic E-state index is 0.380. The van der Waals surface area contributed by atoms with Gasteiger partial charge in [0.05, 0.1) is 6.10 Å². The summed E-state index contributed by atoms with van der Waals surface area (Å²) in [5, 5.41) is 1.43. The summed E-state index contributed by atoms with van der Waals surface area (Å²) in [6.07, 6.45) is 3.80. The van der Waals surface area contributed by atoms with E-state index in [4.69, 9.17) is 16.3 Å². The van der Waals surface area contributed by atoms with Crippen LogP contribution in [0.1, 0.15) is 24.8 Å². The number of halogens is 1. The van der Waals surface area contributed by atoms with Crippen LogP contribution < -0.4 is 0 Å².